The predicted molar refractivity (Wildman–Crippen MR) is 97.4 cm³/mol. The third-order valence-corrected chi connectivity index (χ3v) is 3.66. The summed E-state index contributed by atoms with van der Waals surface area (Å²) in [4.78, 5) is 14.7. The van der Waals surface area contributed by atoms with Crippen LogP contribution in [0.4, 0.5) is 0 Å². The molecule has 0 bridgehead atoms. The van der Waals surface area contributed by atoms with Crippen molar-refractivity contribution >= 4 is 16.7 Å². The first-order valence-electron chi connectivity index (χ1n) is 7.95. The van der Waals surface area contributed by atoms with Crippen molar-refractivity contribution in [3.8, 4) is 17.0 Å². The number of allylic oxidation sites excluding steroid dienone is 2. The number of fused-ring (bicyclic) bond motifs is 4. The van der Waals surface area contributed by atoms with Gasteiger partial charge in [0.25, 0.3) is 0 Å². The molecule has 0 saturated heterocycles. The number of carbonyl (C=O) groups excluding carboxylic acids is 1. The Morgan fingerprint density at radius 3 is 2.69 bits per heavy atom. The first-order chi connectivity index (χ1) is 12.0. The molecule has 26 heavy (non-hydrogen) atoms. The Balaban J connectivity index is 0.000000265. The standard InChI is InChI=1S/C16H10NO.C5H8O2.Ir/c1-3-7-13-12(6-1)10-18-15-9-11-5-2-4-8-14(11)17-16(13)15;1-4(6)3-5(2)7;/h1-6,8-9H,10H2;3,6H,1-2H3;/q-1;;/b;4-3-;. The normalized spacial score (nSPS) is 11.8. The Morgan fingerprint density at radius 1 is 1.23 bits per heavy atom. The summed E-state index contributed by atoms with van der Waals surface area (Å²) in [6.45, 7) is 3.45. The fourth-order valence-electron chi connectivity index (χ4n) is 2.65. The molecule has 1 radical (unpaired) electrons. The predicted octanol–water partition coefficient (Wildman–Crippen LogP) is 4.63. The van der Waals surface area contributed by atoms with Crippen molar-refractivity contribution in [2.45, 2.75) is 20.5 Å². The van der Waals surface area contributed by atoms with Crippen molar-refractivity contribution < 1.29 is 34.7 Å². The minimum atomic E-state index is -0.125. The second-order valence-corrected chi connectivity index (χ2v) is 5.78. The van der Waals surface area contributed by atoms with Gasteiger partial charge in [-0.2, -0.15) is 0 Å². The zero-order valence-electron chi connectivity index (χ0n) is 14.4. The maximum absolute atomic E-state index is 10.0. The zero-order valence-corrected chi connectivity index (χ0v) is 16.8. The minimum absolute atomic E-state index is 0. The van der Waals surface area contributed by atoms with Crippen molar-refractivity contribution in [3.63, 3.8) is 0 Å². The van der Waals surface area contributed by atoms with Crippen LogP contribution >= 0.6 is 0 Å². The molecule has 5 heteroatoms. The second-order valence-electron chi connectivity index (χ2n) is 5.78. The molecule has 4 rings (SSSR count). The largest absolute Gasteiger partial charge is 0.512 e. The minimum Gasteiger partial charge on any atom is -0.512 e. The zero-order chi connectivity index (χ0) is 17.8. The van der Waals surface area contributed by atoms with Crippen molar-refractivity contribution in [1.29, 1.82) is 0 Å². The van der Waals surface area contributed by atoms with Gasteiger partial charge in [-0.15, -0.1) is 29.8 Å². The topological polar surface area (TPSA) is 59.4 Å². The second kappa shape index (κ2) is 8.74. The van der Waals surface area contributed by atoms with E-state index in [1.165, 1.54) is 19.9 Å². The number of pyridine rings is 1. The van der Waals surface area contributed by atoms with Gasteiger partial charge in [-0.05, 0) is 26.0 Å². The van der Waals surface area contributed by atoms with E-state index in [-0.39, 0.29) is 31.6 Å². The number of ketones is 1. The van der Waals surface area contributed by atoms with E-state index in [1.54, 1.807) is 0 Å². The van der Waals surface area contributed by atoms with Gasteiger partial charge in [-0.25, -0.2) is 0 Å². The molecule has 4 nitrogen and oxygen atoms in total. The number of aliphatic hydroxyl groups is 1. The summed E-state index contributed by atoms with van der Waals surface area (Å²) >= 11 is 0. The van der Waals surface area contributed by atoms with E-state index in [2.05, 4.69) is 24.3 Å². The number of benzene rings is 2. The molecule has 3 aromatic rings. The van der Waals surface area contributed by atoms with Gasteiger partial charge in [0.15, 0.2) is 5.78 Å². The van der Waals surface area contributed by atoms with Crippen LogP contribution in [0.1, 0.15) is 19.4 Å². The number of carbonyl (C=O) groups is 1. The number of hydrogen-bond donors (Lipinski definition) is 1. The molecular weight excluding hydrogens is 506 g/mol. The van der Waals surface area contributed by atoms with Crippen LogP contribution in [0.3, 0.4) is 0 Å². The molecule has 0 atom stereocenters. The molecule has 135 valence electrons. The van der Waals surface area contributed by atoms with E-state index in [4.69, 9.17) is 14.8 Å². The molecule has 0 saturated carbocycles. The van der Waals surface area contributed by atoms with Gasteiger partial charge in [0.2, 0.25) is 0 Å². The molecule has 1 aliphatic heterocycles. The molecule has 0 amide bonds. The Morgan fingerprint density at radius 2 is 2.00 bits per heavy atom. The Hall–Kier alpha value is -2.49. The van der Waals surface area contributed by atoms with Crippen LogP contribution in [0.25, 0.3) is 22.2 Å². The van der Waals surface area contributed by atoms with Gasteiger partial charge in [-0.3, -0.25) is 9.78 Å². The summed E-state index contributed by atoms with van der Waals surface area (Å²) < 4.78 is 5.78. The maximum atomic E-state index is 10.0. The van der Waals surface area contributed by atoms with Crippen molar-refractivity contribution in [2.75, 3.05) is 0 Å². The van der Waals surface area contributed by atoms with Crippen LogP contribution in [-0.2, 0) is 31.5 Å². The Labute approximate surface area is 165 Å². The van der Waals surface area contributed by atoms with Crippen molar-refractivity contribution in [2.24, 2.45) is 0 Å². The number of hydrogen-bond acceptors (Lipinski definition) is 4. The van der Waals surface area contributed by atoms with Gasteiger partial charge in [0.1, 0.15) is 5.75 Å². The molecule has 2 aromatic carbocycles. The molecule has 2 heterocycles. The monoisotopic (exact) mass is 525 g/mol. The van der Waals surface area contributed by atoms with Crippen LogP contribution in [0, 0.1) is 6.07 Å². The van der Waals surface area contributed by atoms with E-state index in [0.717, 1.165) is 33.5 Å². The average Bonchev–Trinajstić information content (AvgIpc) is 2.59. The average molecular weight is 525 g/mol. The first kappa shape index (κ1) is 19.8. The van der Waals surface area contributed by atoms with Crippen LogP contribution < -0.4 is 4.74 Å². The smallest absolute Gasteiger partial charge is 0.155 e. The number of aliphatic hydroxyl groups excluding tert-OH is 1. The van der Waals surface area contributed by atoms with Crippen LogP contribution in [0.2, 0.25) is 0 Å². The quantitative estimate of drug-likeness (QED) is 0.287. The fraction of sp³-hybridized carbons (Fsp3) is 0.143. The van der Waals surface area contributed by atoms with E-state index >= 15 is 0 Å². The van der Waals surface area contributed by atoms with Gasteiger partial charge >= 0.3 is 0 Å². The SMILES string of the molecule is CC(=O)/C=C(/C)O.[Ir].[c-]1cccc2c1-c1nc3ccccc3cc1OC2. The third-order valence-electron chi connectivity index (χ3n) is 3.66. The van der Waals surface area contributed by atoms with E-state index in [9.17, 15) is 4.79 Å². The van der Waals surface area contributed by atoms with Gasteiger partial charge in [-0.1, -0.05) is 23.8 Å². The van der Waals surface area contributed by atoms with Gasteiger partial charge in [0, 0.05) is 37.3 Å². The number of rotatable bonds is 1. The molecule has 0 spiro atoms. The summed E-state index contributed by atoms with van der Waals surface area (Å²) in [6.07, 6.45) is 1.17. The summed E-state index contributed by atoms with van der Waals surface area (Å²) in [7, 11) is 0. The van der Waals surface area contributed by atoms with Crippen LogP contribution in [0.5, 0.6) is 5.75 Å². The van der Waals surface area contributed by atoms with E-state index in [1.807, 2.05) is 30.3 Å². The molecule has 1 aromatic heterocycles. The van der Waals surface area contributed by atoms with Crippen molar-refractivity contribution in [1.82, 2.24) is 4.98 Å². The molecule has 1 aliphatic rings. The molecule has 0 fully saturated rings. The molecule has 0 unspecified atom stereocenters. The number of nitrogens with zero attached hydrogens (tertiary/aromatic N) is 1. The van der Waals surface area contributed by atoms with E-state index in [0.29, 0.717) is 6.61 Å². The fourth-order valence-corrected chi connectivity index (χ4v) is 2.65. The van der Waals surface area contributed by atoms with E-state index < -0.39 is 0 Å². The maximum Gasteiger partial charge on any atom is 0.155 e. The number of ether oxygens (including phenoxy) is 1. The Bertz CT molecular complexity index is 962. The number of aromatic nitrogens is 1. The van der Waals surface area contributed by atoms with Crippen LogP contribution in [-0.4, -0.2) is 15.9 Å². The molecular formula is C21H18IrNO3-. The Kier molecular flexibility index (Phi) is 6.67. The summed E-state index contributed by atoms with van der Waals surface area (Å²) in [5, 5.41) is 9.47. The third kappa shape index (κ3) is 4.57. The van der Waals surface area contributed by atoms with Crippen LogP contribution in [0.15, 0.2) is 60.4 Å². The van der Waals surface area contributed by atoms with Crippen molar-refractivity contribution in [3.05, 3.63) is 72.0 Å². The van der Waals surface area contributed by atoms with Gasteiger partial charge in [0.05, 0.1) is 17.9 Å². The molecule has 0 aliphatic carbocycles. The summed E-state index contributed by atoms with van der Waals surface area (Å²) in [5.74, 6) is 0.788. The molecule has 1 N–H and O–H groups in total. The first-order valence-corrected chi connectivity index (χ1v) is 7.95. The van der Waals surface area contributed by atoms with Gasteiger partial charge < -0.3 is 9.84 Å². The summed E-state index contributed by atoms with van der Waals surface area (Å²) in [6, 6.07) is 19.4. The summed E-state index contributed by atoms with van der Waals surface area (Å²) in [5.41, 5.74) is 4.10. The number of para-hydroxylation sites is 1.